The zero-order chi connectivity index (χ0) is 12.3. The van der Waals surface area contributed by atoms with Crippen LogP contribution in [0.25, 0.3) is 0 Å². The summed E-state index contributed by atoms with van der Waals surface area (Å²) in [6.07, 6.45) is 1.37. The third-order valence-corrected chi connectivity index (χ3v) is 3.10. The Balaban J connectivity index is 2.25. The maximum Gasteiger partial charge on any atom is 0.340 e. The third-order valence-electron chi connectivity index (χ3n) is 2.11. The Morgan fingerprint density at radius 1 is 1.41 bits per heavy atom. The lowest BCUT2D eigenvalue weighted by molar-refractivity contribution is 0.0690. The molecule has 1 N–H and O–H groups in total. The van der Waals surface area contributed by atoms with E-state index in [1.54, 1.807) is 7.11 Å². The lowest BCUT2D eigenvalue weighted by Gasteiger charge is -2.02. The first-order valence-electron chi connectivity index (χ1n) is 4.83. The molecular weight excluding hydrogens is 240 g/mol. The third kappa shape index (κ3) is 2.62. The Morgan fingerprint density at radius 2 is 2.24 bits per heavy atom. The molecule has 0 aliphatic heterocycles. The van der Waals surface area contributed by atoms with E-state index in [4.69, 9.17) is 14.3 Å². The number of rotatable bonds is 4. The van der Waals surface area contributed by atoms with E-state index in [2.05, 4.69) is 0 Å². The molecule has 1 aromatic heterocycles. The van der Waals surface area contributed by atoms with Crippen LogP contribution in [0.4, 0.5) is 0 Å². The van der Waals surface area contributed by atoms with Crippen LogP contribution in [0.3, 0.4) is 0 Å². The van der Waals surface area contributed by atoms with E-state index in [1.807, 2.05) is 24.3 Å². The predicted octanol–water partition coefficient (Wildman–Crippen LogP) is 3.14. The van der Waals surface area contributed by atoms with Crippen molar-refractivity contribution in [2.45, 2.75) is 9.99 Å². The van der Waals surface area contributed by atoms with Crippen molar-refractivity contribution in [3.63, 3.8) is 0 Å². The highest BCUT2D eigenvalue weighted by atomic mass is 32.2. The summed E-state index contributed by atoms with van der Waals surface area (Å²) in [7, 11) is 1.58. The smallest absolute Gasteiger partial charge is 0.340 e. The quantitative estimate of drug-likeness (QED) is 0.903. The fraction of sp³-hybridized carbons (Fsp3) is 0.0833. The van der Waals surface area contributed by atoms with Crippen LogP contribution in [-0.2, 0) is 0 Å². The Labute approximate surface area is 102 Å². The van der Waals surface area contributed by atoms with Crippen LogP contribution in [0.5, 0.6) is 5.75 Å². The van der Waals surface area contributed by atoms with Crippen LogP contribution in [0.2, 0.25) is 0 Å². The Kier molecular flexibility index (Phi) is 3.39. The highest BCUT2D eigenvalue weighted by Gasteiger charge is 2.14. The molecule has 1 heterocycles. The van der Waals surface area contributed by atoms with E-state index >= 15 is 0 Å². The number of furan rings is 1. The van der Waals surface area contributed by atoms with E-state index in [1.165, 1.54) is 24.1 Å². The molecule has 2 rings (SSSR count). The number of ether oxygens (including phenoxy) is 1. The van der Waals surface area contributed by atoms with Crippen LogP contribution < -0.4 is 4.74 Å². The van der Waals surface area contributed by atoms with E-state index in [9.17, 15) is 4.79 Å². The summed E-state index contributed by atoms with van der Waals surface area (Å²) in [5.41, 5.74) is 0.165. The lowest BCUT2D eigenvalue weighted by Crippen LogP contribution is -1.94. The van der Waals surface area contributed by atoms with Crippen LogP contribution >= 0.6 is 11.8 Å². The monoisotopic (exact) mass is 250 g/mol. The van der Waals surface area contributed by atoms with Gasteiger partial charge < -0.3 is 14.3 Å². The second-order valence-electron chi connectivity index (χ2n) is 3.21. The standard InChI is InChI=1S/C12H10O4S/c1-15-8-3-2-4-9(7-8)17-12-10(11(13)14)5-6-16-12/h2-7H,1H3,(H,13,14). The molecule has 2 aromatic rings. The fourth-order valence-electron chi connectivity index (χ4n) is 1.30. The van der Waals surface area contributed by atoms with Crippen molar-refractivity contribution in [1.82, 2.24) is 0 Å². The summed E-state index contributed by atoms with van der Waals surface area (Å²) in [5.74, 6) is -0.275. The number of aromatic carboxylic acids is 1. The Hall–Kier alpha value is -1.88. The zero-order valence-electron chi connectivity index (χ0n) is 9.04. The van der Waals surface area contributed by atoms with Gasteiger partial charge in [-0.25, -0.2) is 4.79 Å². The van der Waals surface area contributed by atoms with Gasteiger partial charge in [0, 0.05) is 4.90 Å². The van der Waals surface area contributed by atoms with Crippen molar-refractivity contribution in [2.24, 2.45) is 0 Å². The van der Waals surface area contributed by atoms with Crippen molar-refractivity contribution < 1.29 is 19.1 Å². The molecule has 0 atom stereocenters. The molecule has 88 valence electrons. The van der Waals surface area contributed by atoms with Gasteiger partial charge in [0.1, 0.15) is 11.3 Å². The molecule has 0 amide bonds. The normalized spacial score (nSPS) is 10.2. The van der Waals surface area contributed by atoms with Gasteiger partial charge in [-0.1, -0.05) is 17.8 Å². The van der Waals surface area contributed by atoms with E-state index in [0.29, 0.717) is 5.09 Å². The van der Waals surface area contributed by atoms with Crippen molar-refractivity contribution in [2.75, 3.05) is 7.11 Å². The van der Waals surface area contributed by atoms with Gasteiger partial charge in [0.25, 0.3) is 0 Å². The summed E-state index contributed by atoms with van der Waals surface area (Å²) < 4.78 is 10.2. The topological polar surface area (TPSA) is 59.7 Å². The molecule has 0 aliphatic carbocycles. The average molecular weight is 250 g/mol. The first-order chi connectivity index (χ1) is 8.20. The van der Waals surface area contributed by atoms with Gasteiger partial charge in [-0.2, -0.15) is 0 Å². The predicted molar refractivity (Wildman–Crippen MR) is 62.8 cm³/mol. The van der Waals surface area contributed by atoms with E-state index in [-0.39, 0.29) is 5.56 Å². The highest BCUT2D eigenvalue weighted by Crippen LogP contribution is 2.32. The molecule has 0 bridgehead atoms. The van der Waals surface area contributed by atoms with Gasteiger partial charge in [0.05, 0.1) is 13.4 Å². The van der Waals surface area contributed by atoms with Gasteiger partial charge in [0.2, 0.25) is 0 Å². The number of methoxy groups -OCH3 is 1. The summed E-state index contributed by atoms with van der Waals surface area (Å²) in [6, 6.07) is 8.78. The molecule has 5 heteroatoms. The summed E-state index contributed by atoms with van der Waals surface area (Å²) >= 11 is 1.25. The SMILES string of the molecule is COc1cccc(Sc2occc2C(=O)O)c1. The molecule has 0 saturated heterocycles. The number of carboxylic acid groups (broad SMARTS) is 1. The first-order valence-corrected chi connectivity index (χ1v) is 5.65. The van der Waals surface area contributed by atoms with Crippen molar-refractivity contribution in [3.8, 4) is 5.75 Å². The zero-order valence-corrected chi connectivity index (χ0v) is 9.86. The Morgan fingerprint density at radius 3 is 2.94 bits per heavy atom. The van der Waals surface area contributed by atoms with Gasteiger partial charge in [-0.3, -0.25) is 0 Å². The molecule has 0 aliphatic rings. The number of hydrogen-bond acceptors (Lipinski definition) is 4. The summed E-state index contributed by atoms with van der Waals surface area (Å²) in [6.45, 7) is 0. The molecule has 17 heavy (non-hydrogen) atoms. The summed E-state index contributed by atoms with van der Waals surface area (Å²) in [4.78, 5) is 11.8. The number of carboxylic acids is 1. The van der Waals surface area contributed by atoms with Crippen LogP contribution in [-0.4, -0.2) is 18.2 Å². The fourth-order valence-corrected chi connectivity index (χ4v) is 2.21. The maximum atomic E-state index is 10.9. The van der Waals surface area contributed by atoms with Crippen LogP contribution in [0.15, 0.2) is 51.0 Å². The second kappa shape index (κ2) is 4.97. The number of hydrogen-bond donors (Lipinski definition) is 1. The average Bonchev–Trinajstić information content (AvgIpc) is 2.77. The number of benzene rings is 1. The minimum atomic E-state index is -0.996. The van der Waals surface area contributed by atoms with Crippen LogP contribution in [0, 0.1) is 0 Å². The lowest BCUT2D eigenvalue weighted by atomic mass is 10.3. The first kappa shape index (κ1) is 11.6. The minimum absolute atomic E-state index is 0.165. The Bertz CT molecular complexity index is 533. The minimum Gasteiger partial charge on any atom is -0.497 e. The highest BCUT2D eigenvalue weighted by molar-refractivity contribution is 7.99. The molecule has 4 nitrogen and oxygen atoms in total. The van der Waals surface area contributed by atoms with Gasteiger partial charge in [-0.05, 0) is 24.3 Å². The molecule has 0 unspecified atom stereocenters. The van der Waals surface area contributed by atoms with E-state index in [0.717, 1.165) is 10.6 Å². The van der Waals surface area contributed by atoms with Crippen molar-refractivity contribution in [1.29, 1.82) is 0 Å². The summed E-state index contributed by atoms with van der Waals surface area (Å²) in [5, 5.41) is 9.30. The largest absolute Gasteiger partial charge is 0.497 e. The van der Waals surface area contributed by atoms with Crippen molar-refractivity contribution in [3.05, 3.63) is 42.2 Å². The maximum absolute atomic E-state index is 10.9. The second-order valence-corrected chi connectivity index (χ2v) is 4.25. The van der Waals surface area contributed by atoms with Crippen LogP contribution in [0.1, 0.15) is 10.4 Å². The van der Waals surface area contributed by atoms with Gasteiger partial charge >= 0.3 is 5.97 Å². The number of carbonyl (C=O) groups is 1. The molecular formula is C12H10O4S. The molecule has 0 radical (unpaired) electrons. The van der Waals surface area contributed by atoms with Crippen molar-refractivity contribution >= 4 is 17.7 Å². The molecule has 0 saturated carbocycles. The molecule has 1 aromatic carbocycles. The molecule has 0 spiro atoms. The van der Waals surface area contributed by atoms with E-state index < -0.39 is 5.97 Å². The van der Waals surface area contributed by atoms with Gasteiger partial charge in [0.15, 0.2) is 5.09 Å². The molecule has 0 fully saturated rings. The van der Waals surface area contributed by atoms with Gasteiger partial charge in [-0.15, -0.1) is 0 Å².